The molecular weight excluding hydrogens is 282 g/mol. The highest BCUT2D eigenvalue weighted by Crippen LogP contribution is 2.51. The van der Waals surface area contributed by atoms with Crippen molar-refractivity contribution in [1.29, 1.82) is 0 Å². The van der Waals surface area contributed by atoms with E-state index in [1.165, 1.54) is 11.1 Å². The van der Waals surface area contributed by atoms with Gasteiger partial charge in [0.2, 0.25) is 5.91 Å². The van der Waals surface area contributed by atoms with Crippen LogP contribution in [0.5, 0.6) is 0 Å². The Kier molecular flexibility index (Phi) is 4.01. The smallest absolute Gasteiger partial charge is 0.227 e. The summed E-state index contributed by atoms with van der Waals surface area (Å²) in [6, 6.07) is 19.0. The molecule has 0 aliphatic carbocycles. The zero-order valence-electron chi connectivity index (χ0n) is 14.4. The Hall–Kier alpha value is -2.09. The highest BCUT2D eigenvalue weighted by molar-refractivity contribution is 5.96. The van der Waals surface area contributed by atoms with Crippen LogP contribution in [0.25, 0.3) is 0 Å². The van der Waals surface area contributed by atoms with Crippen LogP contribution < -0.4 is 4.90 Å². The first-order valence-electron chi connectivity index (χ1n) is 8.45. The Bertz CT molecular complexity index is 705. The van der Waals surface area contributed by atoms with Gasteiger partial charge in [-0.25, -0.2) is 0 Å². The van der Waals surface area contributed by atoms with E-state index in [4.69, 9.17) is 0 Å². The van der Waals surface area contributed by atoms with Gasteiger partial charge in [-0.2, -0.15) is 0 Å². The first kappa shape index (κ1) is 15.8. The van der Waals surface area contributed by atoms with E-state index in [2.05, 4.69) is 63.2 Å². The highest BCUT2D eigenvalue weighted by Gasteiger charge is 2.47. The Labute approximate surface area is 139 Å². The number of carbonyl (C=O) groups is 1. The Morgan fingerprint density at radius 1 is 1.04 bits per heavy atom. The largest absolute Gasteiger partial charge is 0.306 e. The van der Waals surface area contributed by atoms with Gasteiger partial charge >= 0.3 is 0 Å². The van der Waals surface area contributed by atoms with Crippen molar-refractivity contribution in [2.75, 3.05) is 4.90 Å². The zero-order chi connectivity index (χ0) is 16.6. The molecule has 0 radical (unpaired) electrons. The fourth-order valence-electron chi connectivity index (χ4n) is 4.29. The summed E-state index contributed by atoms with van der Waals surface area (Å²) in [7, 11) is 0. The van der Waals surface area contributed by atoms with Gasteiger partial charge in [0, 0.05) is 23.6 Å². The van der Waals surface area contributed by atoms with E-state index in [1.54, 1.807) is 0 Å². The summed E-state index contributed by atoms with van der Waals surface area (Å²) >= 11 is 0. The molecule has 0 N–H and O–H groups in total. The third-order valence-corrected chi connectivity index (χ3v) is 5.22. The van der Waals surface area contributed by atoms with Crippen molar-refractivity contribution in [1.82, 2.24) is 0 Å². The molecule has 1 amide bonds. The minimum absolute atomic E-state index is 0.190. The number of fused-ring (bicyclic) bond motifs is 1. The molecule has 120 valence electrons. The fraction of sp³-hybridized carbons (Fsp3) is 0.381. The van der Waals surface area contributed by atoms with Gasteiger partial charge in [0.25, 0.3) is 0 Å². The maximum Gasteiger partial charge on any atom is 0.227 e. The van der Waals surface area contributed by atoms with E-state index in [-0.39, 0.29) is 17.4 Å². The molecule has 0 saturated carbocycles. The summed E-state index contributed by atoms with van der Waals surface area (Å²) in [5, 5.41) is 0. The SMILES string of the molecule is CCC(=O)N1c2ccccc2C(C)C(c2ccccc2)C1(C)C. The van der Waals surface area contributed by atoms with Crippen LogP contribution in [0, 0.1) is 0 Å². The molecule has 1 aliphatic heterocycles. The van der Waals surface area contributed by atoms with Crippen LogP contribution in [0.4, 0.5) is 5.69 Å². The standard InChI is InChI=1S/C21H25NO/c1-5-19(23)22-18-14-10-9-13-17(18)15(2)20(21(22,3)4)16-11-7-6-8-12-16/h6-15,20H,5H2,1-4H3. The van der Waals surface area contributed by atoms with Gasteiger partial charge < -0.3 is 4.90 Å². The predicted molar refractivity (Wildman–Crippen MR) is 95.9 cm³/mol. The van der Waals surface area contributed by atoms with Gasteiger partial charge in [0.1, 0.15) is 0 Å². The molecule has 1 aliphatic rings. The van der Waals surface area contributed by atoms with Gasteiger partial charge in [0.15, 0.2) is 0 Å². The number of rotatable bonds is 2. The molecule has 0 spiro atoms. The molecule has 0 saturated heterocycles. The molecule has 2 aromatic carbocycles. The van der Waals surface area contributed by atoms with Crippen LogP contribution >= 0.6 is 0 Å². The zero-order valence-corrected chi connectivity index (χ0v) is 14.4. The molecule has 0 fully saturated rings. The second kappa shape index (κ2) is 5.84. The van der Waals surface area contributed by atoms with Gasteiger partial charge in [-0.1, -0.05) is 62.4 Å². The first-order valence-corrected chi connectivity index (χ1v) is 8.45. The number of hydrogen-bond acceptors (Lipinski definition) is 1. The average Bonchev–Trinajstić information content (AvgIpc) is 2.55. The second-order valence-electron chi connectivity index (χ2n) is 6.97. The number of carbonyl (C=O) groups excluding carboxylic acids is 1. The number of amides is 1. The average molecular weight is 307 g/mol. The van der Waals surface area contributed by atoms with E-state index in [9.17, 15) is 4.79 Å². The van der Waals surface area contributed by atoms with Crippen LogP contribution in [0.3, 0.4) is 0 Å². The monoisotopic (exact) mass is 307 g/mol. The van der Waals surface area contributed by atoms with Crippen LogP contribution in [-0.4, -0.2) is 11.4 Å². The highest BCUT2D eigenvalue weighted by atomic mass is 16.2. The van der Waals surface area contributed by atoms with Gasteiger partial charge in [-0.15, -0.1) is 0 Å². The maximum atomic E-state index is 12.8. The Morgan fingerprint density at radius 2 is 1.65 bits per heavy atom. The molecule has 23 heavy (non-hydrogen) atoms. The topological polar surface area (TPSA) is 20.3 Å². The van der Waals surface area contributed by atoms with Crippen LogP contribution in [0.1, 0.15) is 57.1 Å². The van der Waals surface area contributed by atoms with Gasteiger partial charge in [-0.3, -0.25) is 4.79 Å². The Balaban J connectivity index is 2.22. The number of benzene rings is 2. The van der Waals surface area contributed by atoms with Crippen molar-refractivity contribution < 1.29 is 4.79 Å². The quantitative estimate of drug-likeness (QED) is 0.755. The maximum absolute atomic E-state index is 12.8. The minimum Gasteiger partial charge on any atom is -0.306 e. The van der Waals surface area contributed by atoms with Crippen molar-refractivity contribution >= 4 is 11.6 Å². The first-order chi connectivity index (χ1) is 11.0. The summed E-state index contributed by atoms with van der Waals surface area (Å²) in [6.07, 6.45) is 0.521. The summed E-state index contributed by atoms with van der Waals surface area (Å²) in [5.41, 5.74) is 3.38. The summed E-state index contributed by atoms with van der Waals surface area (Å²) in [6.45, 7) is 8.62. The molecular formula is C21H25NO. The van der Waals surface area contributed by atoms with Crippen molar-refractivity contribution in [3.05, 3.63) is 65.7 Å². The molecule has 1 heterocycles. The normalized spacial score (nSPS) is 22.5. The van der Waals surface area contributed by atoms with E-state index in [1.807, 2.05) is 24.0 Å². The van der Waals surface area contributed by atoms with Crippen molar-refractivity contribution in [2.24, 2.45) is 0 Å². The lowest BCUT2D eigenvalue weighted by Crippen LogP contribution is -2.55. The third kappa shape index (κ3) is 2.46. The molecule has 2 unspecified atom stereocenters. The van der Waals surface area contributed by atoms with Crippen LogP contribution in [0.15, 0.2) is 54.6 Å². The van der Waals surface area contributed by atoms with Crippen molar-refractivity contribution in [3.8, 4) is 0 Å². The summed E-state index contributed by atoms with van der Waals surface area (Å²) in [4.78, 5) is 14.8. The van der Waals surface area contributed by atoms with Crippen molar-refractivity contribution in [2.45, 2.75) is 51.5 Å². The number of hydrogen-bond donors (Lipinski definition) is 0. The lowest BCUT2D eigenvalue weighted by Gasteiger charge is -2.51. The van der Waals surface area contributed by atoms with Crippen LogP contribution in [0.2, 0.25) is 0 Å². The second-order valence-corrected chi connectivity index (χ2v) is 6.97. The van der Waals surface area contributed by atoms with Gasteiger partial charge in [0.05, 0.1) is 0 Å². The summed E-state index contributed by atoms with van der Waals surface area (Å²) < 4.78 is 0. The lowest BCUT2D eigenvalue weighted by atomic mass is 9.67. The number of nitrogens with zero attached hydrogens (tertiary/aromatic N) is 1. The molecule has 0 aromatic heterocycles. The fourth-order valence-corrected chi connectivity index (χ4v) is 4.29. The lowest BCUT2D eigenvalue weighted by molar-refractivity contribution is -0.119. The van der Waals surface area contributed by atoms with E-state index in [0.717, 1.165) is 5.69 Å². The molecule has 2 heteroatoms. The summed E-state index contributed by atoms with van der Waals surface area (Å²) in [5.74, 6) is 0.828. The Morgan fingerprint density at radius 3 is 2.30 bits per heavy atom. The van der Waals surface area contributed by atoms with E-state index >= 15 is 0 Å². The molecule has 2 atom stereocenters. The molecule has 0 bridgehead atoms. The van der Waals surface area contributed by atoms with E-state index in [0.29, 0.717) is 12.3 Å². The number of para-hydroxylation sites is 1. The van der Waals surface area contributed by atoms with Gasteiger partial charge in [-0.05, 0) is 37.0 Å². The third-order valence-electron chi connectivity index (χ3n) is 5.22. The predicted octanol–water partition coefficient (Wildman–Crippen LogP) is 5.11. The van der Waals surface area contributed by atoms with Crippen molar-refractivity contribution in [3.63, 3.8) is 0 Å². The van der Waals surface area contributed by atoms with Crippen LogP contribution in [-0.2, 0) is 4.79 Å². The molecule has 3 rings (SSSR count). The number of anilines is 1. The molecule has 2 nitrogen and oxygen atoms in total. The minimum atomic E-state index is -0.262. The van der Waals surface area contributed by atoms with E-state index < -0.39 is 0 Å². The molecule has 2 aromatic rings.